The first-order chi connectivity index (χ1) is 9.51. The molecular weight excluding hydrogens is 256 g/mol. The first-order valence-electron chi connectivity index (χ1n) is 6.96. The van der Waals surface area contributed by atoms with E-state index in [0.29, 0.717) is 19.8 Å². The van der Waals surface area contributed by atoms with Crippen LogP contribution in [0, 0.1) is 5.41 Å². The summed E-state index contributed by atoms with van der Waals surface area (Å²) in [5, 5.41) is 0. The summed E-state index contributed by atoms with van der Waals surface area (Å²) in [5.74, 6) is 0.561. The van der Waals surface area contributed by atoms with Crippen LogP contribution in [0.25, 0.3) is 0 Å². The Balaban J connectivity index is 2.00. The highest BCUT2D eigenvalue weighted by Gasteiger charge is 2.68. The number of carbonyl (C=O) groups is 1. The van der Waals surface area contributed by atoms with Crippen molar-refractivity contribution >= 4 is 5.97 Å². The Morgan fingerprint density at radius 2 is 1.95 bits per heavy atom. The minimum absolute atomic E-state index is 0.246. The SMILES string of the molecule is CCOCC1(COc2ccccc2)CC1(C)OC(C)=O. The van der Waals surface area contributed by atoms with Gasteiger partial charge in [-0.1, -0.05) is 18.2 Å². The maximum Gasteiger partial charge on any atom is 0.303 e. The first-order valence-corrected chi connectivity index (χ1v) is 6.96. The van der Waals surface area contributed by atoms with Crippen molar-refractivity contribution in [3.63, 3.8) is 0 Å². The lowest BCUT2D eigenvalue weighted by molar-refractivity contribution is -0.151. The standard InChI is InChI=1S/C16H22O4/c1-4-18-11-16(10-15(16,3)20-13(2)17)12-19-14-8-6-5-7-9-14/h5-9H,4,10-12H2,1-3H3. The topological polar surface area (TPSA) is 44.8 Å². The quantitative estimate of drug-likeness (QED) is 0.719. The van der Waals surface area contributed by atoms with Gasteiger partial charge in [0.05, 0.1) is 12.0 Å². The Kier molecular flexibility index (Phi) is 4.33. The van der Waals surface area contributed by atoms with Crippen LogP contribution >= 0.6 is 0 Å². The van der Waals surface area contributed by atoms with Gasteiger partial charge in [-0.2, -0.15) is 0 Å². The molecule has 0 saturated heterocycles. The number of para-hydroxylation sites is 1. The molecule has 0 N–H and O–H groups in total. The molecule has 110 valence electrons. The molecule has 1 aromatic rings. The molecule has 20 heavy (non-hydrogen) atoms. The van der Waals surface area contributed by atoms with Crippen LogP contribution in [0.2, 0.25) is 0 Å². The van der Waals surface area contributed by atoms with E-state index in [1.807, 2.05) is 44.2 Å². The molecule has 4 heteroatoms. The summed E-state index contributed by atoms with van der Waals surface area (Å²) in [6.45, 7) is 7.01. The number of hydrogen-bond donors (Lipinski definition) is 0. The minimum Gasteiger partial charge on any atom is -0.493 e. The predicted octanol–water partition coefficient (Wildman–Crippen LogP) is 2.81. The Labute approximate surface area is 120 Å². The number of esters is 1. The summed E-state index contributed by atoms with van der Waals surface area (Å²) in [5.41, 5.74) is -0.729. The van der Waals surface area contributed by atoms with Gasteiger partial charge in [0.1, 0.15) is 18.0 Å². The van der Waals surface area contributed by atoms with E-state index < -0.39 is 5.60 Å². The Hall–Kier alpha value is -1.55. The van der Waals surface area contributed by atoms with Crippen LogP contribution in [-0.4, -0.2) is 31.4 Å². The zero-order valence-corrected chi connectivity index (χ0v) is 12.3. The van der Waals surface area contributed by atoms with E-state index in [4.69, 9.17) is 14.2 Å². The highest BCUT2D eigenvalue weighted by Crippen LogP contribution is 2.59. The van der Waals surface area contributed by atoms with E-state index in [1.165, 1.54) is 6.92 Å². The summed E-state index contributed by atoms with van der Waals surface area (Å²) in [7, 11) is 0. The number of hydrogen-bond acceptors (Lipinski definition) is 4. The normalized spacial score (nSPS) is 27.9. The fraction of sp³-hybridized carbons (Fsp3) is 0.562. The van der Waals surface area contributed by atoms with Gasteiger partial charge < -0.3 is 14.2 Å². The van der Waals surface area contributed by atoms with E-state index in [1.54, 1.807) is 0 Å². The molecule has 0 aromatic heterocycles. The van der Waals surface area contributed by atoms with Gasteiger partial charge in [0.25, 0.3) is 0 Å². The van der Waals surface area contributed by atoms with E-state index in [9.17, 15) is 4.79 Å². The molecule has 1 saturated carbocycles. The van der Waals surface area contributed by atoms with E-state index in [-0.39, 0.29) is 11.4 Å². The average Bonchev–Trinajstić information content (AvgIpc) is 2.99. The van der Waals surface area contributed by atoms with Crippen molar-refractivity contribution < 1.29 is 19.0 Å². The van der Waals surface area contributed by atoms with E-state index in [2.05, 4.69) is 0 Å². The van der Waals surface area contributed by atoms with Crippen LogP contribution in [0.1, 0.15) is 27.2 Å². The molecule has 1 aromatic carbocycles. The molecule has 1 aliphatic rings. The lowest BCUT2D eigenvalue weighted by atomic mass is 10.1. The molecule has 0 aliphatic heterocycles. The molecule has 4 nitrogen and oxygen atoms in total. The molecule has 0 heterocycles. The fourth-order valence-corrected chi connectivity index (χ4v) is 2.55. The van der Waals surface area contributed by atoms with E-state index >= 15 is 0 Å². The molecule has 0 bridgehead atoms. The van der Waals surface area contributed by atoms with Gasteiger partial charge in [-0.05, 0) is 26.0 Å². The van der Waals surface area contributed by atoms with Crippen LogP contribution in [-0.2, 0) is 14.3 Å². The highest BCUT2D eigenvalue weighted by molar-refractivity contribution is 5.67. The largest absolute Gasteiger partial charge is 0.493 e. The van der Waals surface area contributed by atoms with Crippen molar-refractivity contribution in [1.82, 2.24) is 0 Å². The maximum atomic E-state index is 11.2. The summed E-state index contributed by atoms with van der Waals surface area (Å²) in [6, 6.07) is 9.65. The fourth-order valence-electron chi connectivity index (χ4n) is 2.55. The van der Waals surface area contributed by atoms with Crippen molar-refractivity contribution in [2.45, 2.75) is 32.8 Å². The molecule has 2 unspecified atom stereocenters. The number of benzene rings is 1. The maximum absolute atomic E-state index is 11.2. The molecule has 0 amide bonds. The second kappa shape index (κ2) is 5.83. The van der Waals surface area contributed by atoms with Crippen LogP contribution in [0.3, 0.4) is 0 Å². The predicted molar refractivity (Wildman–Crippen MR) is 75.7 cm³/mol. The first kappa shape index (κ1) is 14.9. The number of ether oxygens (including phenoxy) is 3. The lowest BCUT2D eigenvalue weighted by Gasteiger charge is -2.23. The van der Waals surface area contributed by atoms with E-state index in [0.717, 1.165) is 12.2 Å². The van der Waals surface area contributed by atoms with Crippen LogP contribution in [0.5, 0.6) is 5.75 Å². The number of carbonyl (C=O) groups excluding carboxylic acids is 1. The number of rotatable bonds is 7. The Bertz CT molecular complexity index is 459. The third kappa shape index (κ3) is 3.12. The molecule has 0 radical (unpaired) electrons. The van der Waals surface area contributed by atoms with Crippen LogP contribution < -0.4 is 4.74 Å². The van der Waals surface area contributed by atoms with Crippen molar-refractivity contribution in [3.05, 3.63) is 30.3 Å². The summed E-state index contributed by atoms with van der Waals surface area (Å²) in [6.07, 6.45) is 0.770. The van der Waals surface area contributed by atoms with Gasteiger partial charge in [0.2, 0.25) is 0 Å². The van der Waals surface area contributed by atoms with Crippen LogP contribution in [0.15, 0.2) is 30.3 Å². The second-order valence-corrected chi connectivity index (χ2v) is 5.52. The molecule has 0 spiro atoms. The molecule has 1 fully saturated rings. The van der Waals surface area contributed by atoms with Gasteiger partial charge in [-0.15, -0.1) is 0 Å². The highest BCUT2D eigenvalue weighted by atomic mass is 16.6. The van der Waals surface area contributed by atoms with Crippen molar-refractivity contribution in [2.75, 3.05) is 19.8 Å². The Morgan fingerprint density at radius 3 is 2.55 bits per heavy atom. The molecule has 2 rings (SSSR count). The summed E-state index contributed by atoms with van der Waals surface area (Å²) >= 11 is 0. The van der Waals surface area contributed by atoms with Gasteiger partial charge in [-0.3, -0.25) is 4.79 Å². The van der Waals surface area contributed by atoms with Gasteiger partial charge >= 0.3 is 5.97 Å². The van der Waals surface area contributed by atoms with Crippen molar-refractivity contribution in [1.29, 1.82) is 0 Å². The third-order valence-electron chi connectivity index (χ3n) is 3.88. The third-order valence-corrected chi connectivity index (χ3v) is 3.88. The zero-order valence-electron chi connectivity index (χ0n) is 12.3. The van der Waals surface area contributed by atoms with Crippen molar-refractivity contribution in [2.24, 2.45) is 5.41 Å². The minimum atomic E-state index is -0.483. The van der Waals surface area contributed by atoms with Crippen LogP contribution in [0.4, 0.5) is 0 Å². The monoisotopic (exact) mass is 278 g/mol. The Morgan fingerprint density at radius 1 is 1.25 bits per heavy atom. The summed E-state index contributed by atoms with van der Waals surface area (Å²) in [4.78, 5) is 11.2. The average molecular weight is 278 g/mol. The van der Waals surface area contributed by atoms with Gasteiger partial charge in [0, 0.05) is 20.0 Å². The molecule has 1 aliphatic carbocycles. The molecule has 2 atom stereocenters. The smallest absolute Gasteiger partial charge is 0.303 e. The molecular formula is C16H22O4. The van der Waals surface area contributed by atoms with Gasteiger partial charge in [0.15, 0.2) is 0 Å². The zero-order chi connectivity index (χ0) is 14.6. The second-order valence-electron chi connectivity index (χ2n) is 5.52. The lowest BCUT2D eigenvalue weighted by Crippen LogP contribution is -2.32. The van der Waals surface area contributed by atoms with Crippen molar-refractivity contribution in [3.8, 4) is 5.75 Å². The summed E-state index contributed by atoms with van der Waals surface area (Å²) < 4.78 is 16.8. The van der Waals surface area contributed by atoms with Gasteiger partial charge in [-0.25, -0.2) is 0 Å².